The number of rotatable bonds is 4. The summed E-state index contributed by atoms with van der Waals surface area (Å²) in [7, 11) is 0. The lowest BCUT2D eigenvalue weighted by molar-refractivity contribution is 0.0793. The van der Waals surface area contributed by atoms with Crippen LogP contribution in [0.1, 0.15) is 23.2 Å². The van der Waals surface area contributed by atoms with Crippen LogP contribution in [0.4, 0.5) is 16.0 Å². The van der Waals surface area contributed by atoms with E-state index in [4.69, 9.17) is 0 Å². The van der Waals surface area contributed by atoms with Crippen molar-refractivity contribution in [2.75, 3.05) is 18.4 Å². The summed E-state index contributed by atoms with van der Waals surface area (Å²) < 4.78 is 13.0. The Labute approximate surface area is 156 Å². The fraction of sp³-hybridized carbons (Fsp3) is 0.190. The zero-order valence-electron chi connectivity index (χ0n) is 14.7. The SMILES string of the molecule is O=C(c1cccc(Nc2ncc(-c3ccc(F)cc3)cn2)c1)N1CCCC1. The van der Waals surface area contributed by atoms with Gasteiger partial charge in [-0.15, -0.1) is 0 Å². The van der Waals surface area contributed by atoms with Gasteiger partial charge >= 0.3 is 0 Å². The summed E-state index contributed by atoms with van der Waals surface area (Å²) in [5.41, 5.74) is 3.07. The molecule has 1 saturated heterocycles. The highest BCUT2D eigenvalue weighted by Gasteiger charge is 2.19. The van der Waals surface area contributed by atoms with Crippen LogP contribution in [0.5, 0.6) is 0 Å². The van der Waals surface area contributed by atoms with E-state index >= 15 is 0 Å². The van der Waals surface area contributed by atoms with E-state index in [0.29, 0.717) is 11.5 Å². The highest BCUT2D eigenvalue weighted by Crippen LogP contribution is 2.21. The number of amides is 1. The number of aromatic nitrogens is 2. The zero-order chi connectivity index (χ0) is 18.6. The van der Waals surface area contributed by atoms with E-state index in [1.165, 1.54) is 12.1 Å². The third-order valence-electron chi connectivity index (χ3n) is 4.59. The van der Waals surface area contributed by atoms with Crippen molar-refractivity contribution < 1.29 is 9.18 Å². The molecule has 5 nitrogen and oxygen atoms in total. The molecule has 1 aromatic heterocycles. The Morgan fingerprint density at radius 1 is 0.963 bits per heavy atom. The van der Waals surface area contributed by atoms with Gasteiger partial charge in [-0.3, -0.25) is 4.79 Å². The van der Waals surface area contributed by atoms with E-state index in [1.54, 1.807) is 24.5 Å². The molecule has 2 heterocycles. The first kappa shape index (κ1) is 17.1. The second-order valence-corrected chi connectivity index (χ2v) is 6.51. The van der Waals surface area contributed by atoms with Gasteiger partial charge in [0.15, 0.2) is 0 Å². The van der Waals surface area contributed by atoms with Crippen LogP contribution >= 0.6 is 0 Å². The molecular formula is C21H19FN4O. The predicted octanol–water partition coefficient (Wildman–Crippen LogP) is 4.26. The van der Waals surface area contributed by atoms with Gasteiger partial charge in [0.2, 0.25) is 5.95 Å². The smallest absolute Gasteiger partial charge is 0.253 e. The highest BCUT2D eigenvalue weighted by molar-refractivity contribution is 5.95. The standard InChI is InChI=1S/C21H19FN4O/c22-18-8-6-15(7-9-18)17-13-23-21(24-14-17)25-19-5-3-4-16(12-19)20(27)26-10-1-2-11-26/h3-9,12-14H,1-2,10-11H2,(H,23,24,25). The lowest BCUT2D eigenvalue weighted by Crippen LogP contribution is -2.27. The minimum absolute atomic E-state index is 0.0590. The average Bonchev–Trinajstić information content (AvgIpc) is 3.24. The van der Waals surface area contributed by atoms with Gasteiger partial charge in [0.25, 0.3) is 5.91 Å². The number of benzene rings is 2. The van der Waals surface area contributed by atoms with Gasteiger partial charge in [-0.1, -0.05) is 18.2 Å². The number of likely N-dealkylation sites (tertiary alicyclic amines) is 1. The van der Waals surface area contributed by atoms with Crippen LogP contribution in [0.2, 0.25) is 0 Å². The maximum Gasteiger partial charge on any atom is 0.253 e. The van der Waals surface area contributed by atoms with Crippen molar-refractivity contribution in [3.05, 3.63) is 72.3 Å². The number of anilines is 2. The second kappa shape index (κ2) is 7.53. The lowest BCUT2D eigenvalue weighted by atomic mass is 10.1. The van der Waals surface area contributed by atoms with Crippen LogP contribution < -0.4 is 5.32 Å². The Hall–Kier alpha value is -3.28. The molecule has 6 heteroatoms. The molecule has 136 valence electrons. The minimum Gasteiger partial charge on any atom is -0.339 e. The largest absolute Gasteiger partial charge is 0.339 e. The third kappa shape index (κ3) is 3.95. The molecule has 1 aliphatic heterocycles. The van der Waals surface area contributed by atoms with Gasteiger partial charge < -0.3 is 10.2 Å². The van der Waals surface area contributed by atoms with Crippen LogP contribution in [-0.4, -0.2) is 33.9 Å². The molecule has 0 saturated carbocycles. The lowest BCUT2D eigenvalue weighted by Gasteiger charge is -2.15. The third-order valence-corrected chi connectivity index (χ3v) is 4.59. The van der Waals surface area contributed by atoms with Crippen LogP contribution in [0.15, 0.2) is 60.9 Å². The Bertz CT molecular complexity index is 935. The molecule has 0 spiro atoms. The first-order chi connectivity index (χ1) is 13.2. The Morgan fingerprint density at radius 2 is 1.67 bits per heavy atom. The van der Waals surface area contributed by atoms with E-state index in [1.807, 2.05) is 29.2 Å². The van der Waals surface area contributed by atoms with Gasteiger partial charge in [0.05, 0.1) is 0 Å². The van der Waals surface area contributed by atoms with Crippen molar-refractivity contribution in [3.8, 4) is 11.1 Å². The van der Waals surface area contributed by atoms with Crippen molar-refractivity contribution in [2.45, 2.75) is 12.8 Å². The number of carbonyl (C=O) groups is 1. The van der Waals surface area contributed by atoms with Gasteiger partial charge in [-0.05, 0) is 48.7 Å². The van der Waals surface area contributed by atoms with E-state index < -0.39 is 0 Å². The van der Waals surface area contributed by atoms with Crippen molar-refractivity contribution >= 4 is 17.5 Å². The Kier molecular flexibility index (Phi) is 4.78. The monoisotopic (exact) mass is 362 g/mol. The average molecular weight is 362 g/mol. The Balaban J connectivity index is 1.48. The second-order valence-electron chi connectivity index (χ2n) is 6.51. The van der Waals surface area contributed by atoms with Crippen LogP contribution in [0.25, 0.3) is 11.1 Å². The number of nitrogens with one attached hydrogen (secondary N) is 1. The fourth-order valence-corrected chi connectivity index (χ4v) is 3.15. The summed E-state index contributed by atoms with van der Waals surface area (Å²) in [5.74, 6) is 0.219. The maximum atomic E-state index is 13.0. The molecule has 4 rings (SSSR count). The summed E-state index contributed by atoms with van der Waals surface area (Å²) in [6.07, 6.45) is 5.50. The summed E-state index contributed by atoms with van der Waals surface area (Å²) in [4.78, 5) is 23.0. The van der Waals surface area contributed by atoms with E-state index in [-0.39, 0.29) is 11.7 Å². The Morgan fingerprint density at radius 3 is 2.37 bits per heavy atom. The summed E-state index contributed by atoms with van der Waals surface area (Å²) >= 11 is 0. The molecule has 0 aliphatic carbocycles. The summed E-state index contributed by atoms with van der Waals surface area (Å²) in [6, 6.07) is 13.6. The van der Waals surface area contributed by atoms with Crippen LogP contribution in [0.3, 0.4) is 0 Å². The van der Waals surface area contributed by atoms with Crippen molar-refractivity contribution in [1.82, 2.24) is 14.9 Å². The quantitative estimate of drug-likeness (QED) is 0.753. The fourth-order valence-electron chi connectivity index (χ4n) is 3.15. The topological polar surface area (TPSA) is 58.1 Å². The van der Waals surface area contributed by atoms with Crippen molar-refractivity contribution in [3.63, 3.8) is 0 Å². The van der Waals surface area contributed by atoms with Crippen LogP contribution in [-0.2, 0) is 0 Å². The molecule has 3 aromatic rings. The van der Waals surface area contributed by atoms with Gasteiger partial charge in [0.1, 0.15) is 5.82 Å². The van der Waals surface area contributed by atoms with Crippen LogP contribution in [0, 0.1) is 5.82 Å². The molecule has 1 amide bonds. The van der Waals surface area contributed by atoms with E-state index in [9.17, 15) is 9.18 Å². The number of carbonyl (C=O) groups excluding carboxylic acids is 1. The molecule has 1 fully saturated rings. The van der Waals surface area contributed by atoms with Gasteiger partial charge in [-0.25, -0.2) is 14.4 Å². The molecule has 1 aliphatic rings. The molecule has 0 atom stereocenters. The molecule has 2 aromatic carbocycles. The number of hydrogen-bond donors (Lipinski definition) is 1. The van der Waals surface area contributed by atoms with E-state index in [0.717, 1.165) is 42.7 Å². The number of hydrogen-bond acceptors (Lipinski definition) is 4. The normalized spacial score (nSPS) is 13.6. The summed E-state index contributed by atoms with van der Waals surface area (Å²) in [5, 5.41) is 3.12. The molecule has 0 radical (unpaired) electrons. The number of nitrogens with zero attached hydrogens (tertiary/aromatic N) is 3. The molecule has 0 unspecified atom stereocenters. The number of halogens is 1. The molecule has 0 bridgehead atoms. The zero-order valence-corrected chi connectivity index (χ0v) is 14.7. The predicted molar refractivity (Wildman–Crippen MR) is 102 cm³/mol. The maximum absolute atomic E-state index is 13.0. The molecule has 27 heavy (non-hydrogen) atoms. The highest BCUT2D eigenvalue weighted by atomic mass is 19.1. The van der Waals surface area contributed by atoms with Gasteiger partial charge in [0, 0.05) is 42.3 Å². The van der Waals surface area contributed by atoms with Gasteiger partial charge in [-0.2, -0.15) is 0 Å². The van der Waals surface area contributed by atoms with Crippen molar-refractivity contribution in [2.24, 2.45) is 0 Å². The summed E-state index contributed by atoms with van der Waals surface area (Å²) in [6.45, 7) is 1.65. The van der Waals surface area contributed by atoms with E-state index in [2.05, 4.69) is 15.3 Å². The molecular weight excluding hydrogens is 343 g/mol. The first-order valence-corrected chi connectivity index (χ1v) is 8.93. The van der Waals surface area contributed by atoms with Crippen molar-refractivity contribution in [1.29, 1.82) is 0 Å². The molecule has 1 N–H and O–H groups in total. The first-order valence-electron chi connectivity index (χ1n) is 8.93. The minimum atomic E-state index is -0.277.